The van der Waals surface area contributed by atoms with E-state index in [0.29, 0.717) is 12.6 Å². The van der Waals surface area contributed by atoms with Crippen LogP contribution in [0.1, 0.15) is 64.1 Å². The molecule has 1 heterocycles. The summed E-state index contributed by atoms with van der Waals surface area (Å²) in [5.41, 5.74) is 0. The second-order valence-corrected chi connectivity index (χ2v) is 6.39. The van der Waals surface area contributed by atoms with Gasteiger partial charge in [-0.1, -0.05) is 25.7 Å². The van der Waals surface area contributed by atoms with Gasteiger partial charge in [0.15, 0.2) is 5.96 Å². The molecule has 0 spiro atoms. The summed E-state index contributed by atoms with van der Waals surface area (Å²) in [6.45, 7) is 5.29. The average molecular weight is 335 g/mol. The summed E-state index contributed by atoms with van der Waals surface area (Å²) in [5, 5.41) is 6.63. The van der Waals surface area contributed by atoms with E-state index in [1.54, 1.807) is 6.26 Å². The summed E-state index contributed by atoms with van der Waals surface area (Å²) in [6, 6.07) is 3.83. The maximum absolute atomic E-state index is 6.03. The van der Waals surface area contributed by atoms with Gasteiger partial charge in [-0.25, -0.2) is 4.99 Å². The van der Waals surface area contributed by atoms with E-state index in [0.717, 1.165) is 44.3 Å². The predicted octanol–water partition coefficient (Wildman–Crippen LogP) is 3.85. The van der Waals surface area contributed by atoms with Gasteiger partial charge in [-0.05, 0) is 44.7 Å². The van der Waals surface area contributed by atoms with Crippen molar-refractivity contribution in [2.24, 2.45) is 4.99 Å². The number of rotatable bonds is 9. The van der Waals surface area contributed by atoms with Crippen LogP contribution < -0.4 is 10.6 Å². The second kappa shape index (κ2) is 12.0. The Morgan fingerprint density at radius 3 is 2.75 bits per heavy atom. The molecule has 24 heavy (non-hydrogen) atoms. The Balaban J connectivity index is 1.56. The average Bonchev–Trinajstić information content (AvgIpc) is 2.98. The first-order valence-electron chi connectivity index (χ1n) is 9.54. The lowest BCUT2D eigenvalue weighted by Gasteiger charge is -2.15. The SMILES string of the molecule is CCNC(=NCc1ccco1)NCCCCOC1CCCCCC1. The predicted molar refractivity (Wildman–Crippen MR) is 98.2 cm³/mol. The Labute approximate surface area is 146 Å². The highest BCUT2D eigenvalue weighted by atomic mass is 16.5. The highest BCUT2D eigenvalue weighted by Gasteiger charge is 2.11. The zero-order valence-electron chi connectivity index (χ0n) is 15.1. The number of guanidine groups is 1. The molecule has 0 amide bonds. The van der Waals surface area contributed by atoms with Gasteiger partial charge in [0.1, 0.15) is 12.3 Å². The molecule has 0 atom stereocenters. The van der Waals surface area contributed by atoms with Crippen LogP contribution in [0, 0.1) is 0 Å². The molecule has 1 aliphatic carbocycles. The minimum Gasteiger partial charge on any atom is -0.467 e. The van der Waals surface area contributed by atoms with E-state index in [1.165, 1.54) is 38.5 Å². The standard InChI is InChI=1S/C19H33N3O2/c1-2-20-19(22-16-18-12-9-15-24-18)21-13-7-8-14-23-17-10-5-3-4-6-11-17/h9,12,15,17H,2-8,10-11,13-14,16H2,1H3,(H2,20,21,22). The molecule has 1 fully saturated rings. The molecule has 0 saturated heterocycles. The van der Waals surface area contributed by atoms with Crippen LogP contribution in [0.15, 0.2) is 27.8 Å². The van der Waals surface area contributed by atoms with Crippen molar-refractivity contribution < 1.29 is 9.15 Å². The summed E-state index contributed by atoms with van der Waals surface area (Å²) >= 11 is 0. The fourth-order valence-electron chi connectivity index (χ4n) is 2.99. The second-order valence-electron chi connectivity index (χ2n) is 6.39. The largest absolute Gasteiger partial charge is 0.467 e. The highest BCUT2D eigenvalue weighted by molar-refractivity contribution is 5.79. The maximum atomic E-state index is 6.03. The van der Waals surface area contributed by atoms with Gasteiger partial charge in [0, 0.05) is 19.7 Å². The van der Waals surface area contributed by atoms with E-state index in [2.05, 4.69) is 22.5 Å². The lowest BCUT2D eigenvalue weighted by atomic mass is 10.1. The molecule has 0 unspecified atom stereocenters. The topological polar surface area (TPSA) is 58.8 Å². The van der Waals surface area contributed by atoms with Gasteiger partial charge >= 0.3 is 0 Å². The van der Waals surface area contributed by atoms with Crippen molar-refractivity contribution in [3.63, 3.8) is 0 Å². The van der Waals surface area contributed by atoms with E-state index in [1.807, 2.05) is 12.1 Å². The number of nitrogens with one attached hydrogen (secondary N) is 2. The zero-order valence-corrected chi connectivity index (χ0v) is 15.1. The van der Waals surface area contributed by atoms with Crippen molar-refractivity contribution in [3.05, 3.63) is 24.2 Å². The molecule has 5 heteroatoms. The van der Waals surface area contributed by atoms with Crippen LogP contribution >= 0.6 is 0 Å². The molecular weight excluding hydrogens is 302 g/mol. The number of furan rings is 1. The fourth-order valence-corrected chi connectivity index (χ4v) is 2.99. The summed E-state index contributed by atoms with van der Waals surface area (Å²) in [7, 11) is 0. The van der Waals surface area contributed by atoms with Crippen LogP contribution in [-0.2, 0) is 11.3 Å². The Morgan fingerprint density at radius 1 is 1.21 bits per heavy atom. The highest BCUT2D eigenvalue weighted by Crippen LogP contribution is 2.19. The smallest absolute Gasteiger partial charge is 0.191 e. The minimum atomic E-state index is 0.507. The summed E-state index contributed by atoms with van der Waals surface area (Å²) in [4.78, 5) is 4.53. The molecule has 1 aliphatic rings. The first-order valence-corrected chi connectivity index (χ1v) is 9.54. The molecule has 2 N–H and O–H groups in total. The molecule has 136 valence electrons. The van der Waals surface area contributed by atoms with E-state index in [9.17, 15) is 0 Å². The van der Waals surface area contributed by atoms with Crippen molar-refractivity contribution in [2.45, 2.75) is 70.9 Å². The number of hydrogen-bond donors (Lipinski definition) is 2. The summed E-state index contributed by atoms with van der Waals surface area (Å²) in [5.74, 6) is 1.72. The number of unbranched alkanes of at least 4 members (excludes halogenated alkanes) is 1. The van der Waals surface area contributed by atoms with Crippen molar-refractivity contribution >= 4 is 5.96 Å². The maximum Gasteiger partial charge on any atom is 0.191 e. The van der Waals surface area contributed by atoms with E-state index in [4.69, 9.17) is 9.15 Å². The van der Waals surface area contributed by atoms with Gasteiger partial charge in [-0.15, -0.1) is 0 Å². The van der Waals surface area contributed by atoms with Crippen molar-refractivity contribution in [2.75, 3.05) is 19.7 Å². The van der Waals surface area contributed by atoms with Gasteiger partial charge in [0.2, 0.25) is 0 Å². The Bertz CT molecular complexity index is 437. The van der Waals surface area contributed by atoms with Crippen molar-refractivity contribution in [1.82, 2.24) is 10.6 Å². The zero-order chi connectivity index (χ0) is 16.9. The Hall–Kier alpha value is -1.49. The third kappa shape index (κ3) is 7.86. The lowest BCUT2D eigenvalue weighted by molar-refractivity contribution is 0.0411. The van der Waals surface area contributed by atoms with Crippen LogP contribution in [0.5, 0.6) is 0 Å². The molecule has 0 bridgehead atoms. The molecule has 0 aromatic carbocycles. The van der Waals surface area contributed by atoms with Gasteiger partial charge < -0.3 is 19.8 Å². The first-order chi connectivity index (χ1) is 11.9. The molecule has 5 nitrogen and oxygen atoms in total. The fraction of sp³-hybridized carbons (Fsp3) is 0.737. The van der Waals surface area contributed by atoms with Crippen LogP contribution in [0.2, 0.25) is 0 Å². The molecule has 0 radical (unpaired) electrons. The van der Waals surface area contributed by atoms with E-state index >= 15 is 0 Å². The molecular formula is C19H33N3O2. The summed E-state index contributed by atoms with van der Waals surface area (Å²) < 4.78 is 11.3. The molecule has 0 aliphatic heterocycles. The first kappa shape index (κ1) is 18.8. The number of aliphatic imine (C=N–C) groups is 1. The number of ether oxygens (including phenoxy) is 1. The third-order valence-corrected chi connectivity index (χ3v) is 4.34. The summed E-state index contributed by atoms with van der Waals surface area (Å²) in [6.07, 6.45) is 12.3. The van der Waals surface area contributed by atoms with Crippen molar-refractivity contribution in [1.29, 1.82) is 0 Å². The van der Waals surface area contributed by atoms with Gasteiger partial charge in [-0.3, -0.25) is 0 Å². The Morgan fingerprint density at radius 2 is 2.04 bits per heavy atom. The van der Waals surface area contributed by atoms with E-state index < -0.39 is 0 Å². The number of hydrogen-bond acceptors (Lipinski definition) is 3. The van der Waals surface area contributed by atoms with Gasteiger partial charge in [0.05, 0.1) is 12.4 Å². The monoisotopic (exact) mass is 335 g/mol. The van der Waals surface area contributed by atoms with Crippen LogP contribution in [-0.4, -0.2) is 31.8 Å². The van der Waals surface area contributed by atoms with Crippen LogP contribution in [0.4, 0.5) is 0 Å². The minimum absolute atomic E-state index is 0.507. The number of nitrogens with zero attached hydrogens (tertiary/aromatic N) is 1. The molecule has 2 rings (SSSR count). The Kier molecular flexibility index (Phi) is 9.39. The van der Waals surface area contributed by atoms with Gasteiger partial charge in [-0.2, -0.15) is 0 Å². The lowest BCUT2D eigenvalue weighted by Crippen LogP contribution is -2.37. The van der Waals surface area contributed by atoms with Gasteiger partial charge in [0.25, 0.3) is 0 Å². The van der Waals surface area contributed by atoms with Crippen LogP contribution in [0.25, 0.3) is 0 Å². The quantitative estimate of drug-likeness (QED) is 0.311. The normalized spacial score (nSPS) is 16.8. The third-order valence-electron chi connectivity index (χ3n) is 4.34. The van der Waals surface area contributed by atoms with Crippen molar-refractivity contribution in [3.8, 4) is 0 Å². The molecule has 1 saturated carbocycles. The molecule has 1 aromatic rings. The van der Waals surface area contributed by atoms with Crippen LogP contribution in [0.3, 0.4) is 0 Å². The van der Waals surface area contributed by atoms with E-state index in [-0.39, 0.29) is 0 Å². The molecule has 1 aromatic heterocycles.